The zero-order chi connectivity index (χ0) is 13.7. The molecule has 0 fully saturated rings. The van der Waals surface area contributed by atoms with Crippen molar-refractivity contribution in [2.45, 2.75) is 26.1 Å². The Morgan fingerprint density at radius 3 is 2.42 bits per heavy atom. The van der Waals surface area contributed by atoms with Crippen molar-refractivity contribution in [1.29, 1.82) is 0 Å². The van der Waals surface area contributed by atoms with Gasteiger partial charge in [-0.1, -0.05) is 31.2 Å². The molecule has 2 N–H and O–H groups in total. The van der Waals surface area contributed by atoms with Crippen LogP contribution in [0.25, 0.3) is 0 Å². The van der Waals surface area contributed by atoms with E-state index in [0.29, 0.717) is 17.9 Å². The van der Waals surface area contributed by atoms with Crippen LogP contribution in [-0.2, 0) is 6.61 Å². The van der Waals surface area contributed by atoms with Crippen LogP contribution in [0.2, 0.25) is 0 Å². The molecule has 0 saturated carbocycles. The Bertz CT molecular complexity index is 520. The molecule has 0 saturated heterocycles. The first kappa shape index (κ1) is 13.6. The Labute approximate surface area is 113 Å². The van der Waals surface area contributed by atoms with Crippen molar-refractivity contribution in [3.63, 3.8) is 0 Å². The van der Waals surface area contributed by atoms with Crippen LogP contribution in [0.3, 0.4) is 0 Å². The maximum atomic E-state index is 9.71. The SMILES string of the molecule is CCC(O)c1ccc(Oc2cccc(CO)c2)cc1. The highest BCUT2D eigenvalue weighted by Crippen LogP contribution is 2.25. The van der Waals surface area contributed by atoms with E-state index in [1.807, 2.05) is 49.4 Å². The third-order valence-electron chi connectivity index (χ3n) is 2.97. The molecule has 0 bridgehead atoms. The zero-order valence-corrected chi connectivity index (χ0v) is 10.9. The van der Waals surface area contributed by atoms with Gasteiger partial charge in [0.25, 0.3) is 0 Å². The summed E-state index contributed by atoms with van der Waals surface area (Å²) in [5, 5.41) is 18.8. The van der Waals surface area contributed by atoms with Gasteiger partial charge in [0.05, 0.1) is 12.7 Å². The van der Waals surface area contributed by atoms with Crippen molar-refractivity contribution in [2.24, 2.45) is 0 Å². The van der Waals surface area contributed by atoms with E-state index >= 15 is 0 Å². The van der Waals surface area contributed by atoms with Crippen LogP contribution in [0.5, 0.6) is 11.5 Å². The molecule has 0 aliphatic carbocycles. The van der Waals surface area contributed by atoms with Crippen LogP contribution in [-0.4, -0.2) is 10.2 Å². The summed E-state index contributed by atoms with van der Waals surface area (Å²) in [6, 6.07) is 14.7. The summed E-state index contributed by atoms with van der Waals surface area (Å²) in [5.41, 5.74) is 1.70. The lowest BCUT2D eigenvalue weighted by Crippen LogP contribution is -1.94. The largest absolute Gasteiger partial charge is 0.457 e. The summed E-state index contributed by atoms with van der Waals surface area (Å²) in [6.07, 6.45) is 0.269. The lowest BCUT2D eigenvalue weighted by molar-refractivity contribution is 0.173. The fourth-order valence-electron chi connectivity index (χ4n) is 1.84. The Morgan fingerprint density at radius 2 is 1.79 bits per heavy atom. The van der Waals surface area contributed by atoms with Crippen molar-refractivity contribution in [3.05, 3.63) is 59.7 Å². The van der Waals surface area contributed by atoms with Gasteiger partial charge in [0.1, 0.15) is 11.5 Å². The molecule has 0 amide bonds. The minimum atomic E-state index is -0.424. The van der Waals surface area contributed by atoms with E-state index in [2.05, 4.69) is 0 Å². The molecule has 19 heavy (non-hydrogen) atoms. The molecule has 0 radical (unpaired) electrons. The molecule has 1 unspecified atom stereocenters. The van der Waals surface area contributed by atoms with E-state index in [1.54, 1.807) is 6.07 Å². The predicted octanol–water partition coefficient (Wildman–Crippen LogP) is 3.41. The van der Waals surface area contributed by atoms with E-state index in [1.165, 1.54) is 0 Å². The van der Waals surface area contributed by atoms with Gasteiger partial charge in [-0.25, -0.2) is 0 Å². The van der Waals surface area contributed by atoms with Crippen LogP contribution in [0, 0.1) is 0 Å². The number of aliphatic hydroxyl groups excluding tert-OH is 2. The Balaban J connectivity index is 2.10. The number of rotatable bonds is 5. The van der Waals surface area contributed by atoms with Crippen LogP contribution < -0.4 is 4.74 Å². The zero-order valence-electron chi connectivity index (χ0n) is 10.9. The Morgan fingerprint density at radius 1 is 1.05 bits per heavy atom. The standard InChI is InChI=1S/C16H18O3/c1-2-16(18)13-6-8-14(9-7-13)19-15-5-3-4-12(10-15)11-17/h3-10,16-18H,2,11H2,1H3. The molecule has 2 aromatic carbocycles. The van der Waals surface area contributed by atoms with Gasteiger partial charge in [0, 0.05) is 0 Å². The molecule has 1 atom stereocenters. The Kier molecular flexibility index (Phi) is 4.55. The molecular weight excluding hydrogens is 240 g/mol. The van der Waals surface area contributed by atoms with Crippen molar-refractivity contribution < 1.29 is 14.9 Å². The maximum Gasteiger partial charge on any atom is 0.127 e. The smallest absolute Gasteiger partial charge is 0.127 e. The molecular formula is C16H18O3. The highest BCUT2D eigenvalue weighted by Gasteiger charge is 2.05. The molecule has 0 spiro atoms. The van der Waals surface area contributed by atoms with Gasteiger partial charge in [-0.15, -0.1) is 0 Å². The van der Waals surface area contributed by atoms with Crippen molar-refractivity contribution >= 4 is 0 Å². The topological polar surface area (TPSA) is 49.7 Å². The van der Waals surface area contributed by atoms with Gasteiger partial charge >= 0.3 is 0 Å². The van der Waals surface area contributed by atoms with E-state index in [4.69, 9.17) is 9.84 Å². The fraction of sp³-hybridized carbons (Fsp3) is 0.250. The number of hydrogen-bond donors (Lipinski definition) is 2. The number of aliphatic hydroxyl groups is 2. The van der Waals surface area contributed by atoms with E-state index in [0.717, 1.165) is 11.1 Å². The lowest BCUT2D eigenvalue weighted by atomic mass is 10.1. The van der Waals surface area contributed by atoms with Crippen molar-refractivity contribution in [3.8, 4) is 11.5 Å². The second kappa shape index (κ2) is 6.36. The van der Waals surface area contributed by atoms with Gasteiger partial charge in [-0.3, -0.25) is 0 Å². The second-order valence-electron chi connectivity index (χ2n) is 4.40. The van der Waals surface area contributed by atoms with Gasteiger partial charge < -0.3 is 14.9 Å². The lowest BCUT2D eigenvalue weighted by Gasteiger charge is -2.10. The summed E-state index contributed by atoms with van der Waals surface area (Å²) in [5.74, 6) is 1.40. The van der Waals surface area contributed by atoms with Gasteiger partial charge in [-0.05, 0) is 41.8 Å². The fourth-order valence-corrected chi connectivity index (χ4v) is 1.84. The van der Waals surface area contributed by atoms with Crippen molar-refractivity contribution in [2.75, 3.05) is 0 Å². The second-order valence-corrected chi connectivity index (χ2v) is 4.40. The molecule has 0 aliphatic rings. The van der Waals surface area contributed by atoms with Crippen molar-refractivity contribution in [1.82, 2.24) is 0 Å². The first-order valence-electron chi connectivity index (χ1n) is 6.38. The van der Waals surface area contributed by atoms with Gasteiger partial charge in [0.15, 0.2) is 0 Å². The summed E-state index contributed by atoms with van der Waals surface area (Å²) >= 11 is 0. The number of benzene rings is 2. The minimum Gasteiger partial charge on any atom is -0.457 e. The van der Waals surface area contributed by atoms with E-state index in [-0.39, 0.29) is 6.61 Å². The molecule has 0 aliphatic heterocycles. The van der Waals surface area contributed by atoms with Crippen LogP contribution in [0.4, 0.5) is 0 Å². The first-order valence-corrected chi connectivity index (χ1v) is 6.38. The third-order valence-corrected chi connectivity index (χ3v) is 2.97. The highest BCUT2D eigenvalue weighted by atomic mass is 16.5. The summed E-state index contributed by atoms with van der Waals surface area (Å²) in [7, 11) is 0. The molecule has 0 aromatic heterocycles. The van der Waals surface area contributed by atoms with E-state index < -0.39 is 6.10 Å². The van der Waals surface area contributed by atoms with Crippen LogP contribution in [0.15, 0.2) is 48.5 Å². The average molecular weight is 258 g/mol. The van der Waals surface area contributed by atoms with Crippen LogP contribution >= 0.6 is 0 Å². The van der Waals surface area contributed by atoms with Crippen LogP contribution in [0.1, 0.15) is 30.6 Å². The van der Waals surface area contributed by atoms with E-state index in [9.17, 15) is 5.11 Å². The summed E-state index contributed by atoms with van der Waals surface area (Å²) in [4.78, 5) is 0. The normalized spacial score (nSPS) is 12.2. The number of ether oxygens (including phenoxy) is 1. The molecule has 100 valence electrons. The summed E-state index contributed by atoms with van der Waals surface area (Å²) in [6.45, 7) is 1.94. The molecule has 2 aromatic rings. The minimum absolute atomic E-state index is 0.00116. The highest BCUT2D eigenvalue weighted by molar-refractivity contribution is 5.35. The number of hydrogen-bond acceptors (Lipinski definition) is 3. The molecule has 3 nitrogen and oxygen atoms in total. The molecule has 3 heteroatoms. The predicted molar refractivity (Wildman–Crippen MR) is 74.1 cm³/mol. The van der Waals surface area contributed by atoms with Gasteiger partial charge in [0.2, 0.25) is 0 Å². The first-order chi connectivity index (χ1) is 9.22. The summed E-state index contributed by atoms with van der Waals surface area (Å²) < 4.78 is 5.70. The molecule has 0 heterocycles. The monoisotopic (exact) mass is 258 g/mol. The molecule has 2 rings (SSSR count). The Hall–Kier alpha value is -1.84. The average Bonchev–Trinajstić information content (AvgIpc) is 2.47. The van der Waals surface area contributed by atoms with Gasteiger partial charge in [-0.2, -0.15) is 0 Å². The third kappa shape index (κ3) is 3.56. The quantitative estimate of drug-likeness (QED) is 0.864. The maximum absolute atomic E-state index is 9.71.